The van der Waals surface area contributed by atoms with Crippen molar-refractivity contribution in [1.82, 2.24) is 5.32 Å². The molecular formula is C5H8F3NO2S. The molecule has 0 aromatic carbocycles. The molecule has 0 spiro atoms. The number of nitrogens with one attached hydrogen (secondary N) is 1. The highest BCUT2D eigenvalue weighted by atomic mass is 32.1. The predicted molar refractivity (Wildman–Crippen MR) is 39.1 cm³/mol. The van der Waals surface area contributed by atoms with Gasteiger partial charge in [0.25, 0.3) is 0 Å². The normalized spacial score (nSPS) is 14.3. The number of halogens is 3. The molecule has 0 heterocycles. The maximum atomic E-state index is 11.6. The molecule has 3 nitrogen and oxygen atoms in total. The zero-order valence-electron chi connectivity index (χ0n) is 5.93. The van der Waals surface area contributed by atoms with E-state index in [0.717, 1.165) is 5.32 Å². The molecule has 0 aliphatic heterocycles. The Morgan fingerprint density at radius 1 is 1.58 bits per heavy atom. The Morgan fingerprint density at radius 2 is 2.08 bits per heavy atom. The fourth-order valence-electron chi connectivity index (χ4n) is 0.584. The molecule has 0 fully saturated rings. The Labute approximate surface area is 72.4 Å². The molecule has 72 valence electrons. The average Bonchev–Trinajstić information content (AvgIpc) is 1.83. The summed E-state index contributed by atoms with van der Waals surface area (Å²) in [5.41, 5.74) is 0. The molecule has 1 atom stereocenters. The van der Waals surface area contributed by atoms with Crippen LogP contribution in [0.15, 0.2) is 0 Å². The van der Waals surface area contributed by atoms with Crippen molar-refractivity contribution in [1.29, 1.82) is 0 Å². The van der Waals surface area contributed by atoms with Gasteiger partial charge in [0.2, 0.25) is 0 Å². The maximum Gasteiger partial charge on any atom is 0.457 e. The lowest BCUT2D eigenvalue weighted by molar-refractivity contribution is -0.174. The zero-order chi connectivity index (χ0) is 9.78. The van der Waals surface area contributed by atoms with E-state index in [1.807, 2.05) is 0 Å². The topological polar surface area (TPSA) is 49.3 Å². The Hall–Kier alpha value is -0.430. The van der Waals surface area contributed by atoms with Crippen LogP contribution >= 0.6 is 12.6 Å². The van der Waals surface area contributed by atoms with Crippen LogP contribution in [0.5, 0.6) is 0 Å². The maximum absolute atomic E-state index is 11.6. The third-order valence-corrected chi connectivity index (χ3v) is 1.31. The molecule has 0 bridgehead atoms. The molecule has 0 amide bonds. The molecule has 2 N–H and O–H groups in total. The first kappa shape index (κ1) is 11.6. The highest BCUT2D eigenvalue weighted by Gasteiger charge is 2.33. The molecule has 7 heteroatoms. The molecule has 0 radical (unpaired) electrons. The SMILES string of the molecule is O=C(O)[C@H](CCS)NC(F)(F)F. The number of hydrogen-bond donors (Lipinski definition) is 3. The summed E-state index contributed by atoms with van der Waals surface area (Å²) in [7, 11) is 0. The second-order valence-electron chi connectivity index (χ2n) is 2.05. The van der Waals surface area contributed by atoms with Crippen molar-refractivity contribution in [3.8, 4) is 0 Å². The van der Waals surface area contributed by atoms with Crippen LogP contribution in [0, 0.1) is 0 Å². The van der Waals surface area contributed by atoms with Gasteiger partial charge in [0, 0.05) is 0 Å². The van der Waals surface area contributed by atoms with Crippen LogP contribution in [0.1, 0.15) is 6.42 Å². The fraction of sp³-hybridized carbons (Fsp3) is 0.800. The van der Waals surface area contributed by atoms with Crippen molar-refractivity contribution in [2.75, 3.05) is 5.75 Å². The summed E-state index contributed by atoms with van der Waals surface area (Å²) < 4.78 is 34.8. The lowest BCUT2D eigenvalue weighted by Crippen LogP contribution is -2.45. The minimum Gasteiger partial charge on any atom is -0.480 e. The van der Waals surface area contributed by atoms with E-state index in [4.69, 9.17) is 5.11 Å². The molecule has 0 aromatic rings. The van der Waals surface area contributed by atoms with Gasteiger partial charge >= 0.3 is 12.3 Å². The number of carboxylic acids is 1. The van der Waals surface area contributed by atoms with Gasteiger partial charge in [-0.3, -0.25) is 4.79 Å². The van der Waals surface area contributed by atoms with Crippen molar-refractivity contribution in [2.45, 2.75) is 18.8 Å². The molecule has 0 saturated carbocycles. The van der Waals surface area contributed by atoms with Crippen LogP contribution in [-0.4, -0.2) is 29.2 Å². The highest BCUT2D eigenvalue weighted by molar-refractivity contribution is 7.80. The smallest absolute Gasteiger partial charge is 0.457 e. The van der Waals surface area contributed by atoms with Gasteiger partial charge in [0.05, 0.1) is 0 Å². The molecule has 0 saturated heterocycles. The van der Waals surface area contributed by atoms with E-state index in [-0.39, 0.29) is 12.2 Å². The van der Waals surface area contributed by atoms with Gasteiger partial charge in [-0.1, -0.05) is 0 Å². The van der Waals surface area contributed by atoms with Crippen molar-refractivity contribution in [2.24, 2.45) is 0 Å². The minimum atomic E-state index is -4.66. The summed E-state index contributed by atoms with van der Waals surface area (Å²) in [6, 6.07) is -1.61. The fourth-order valence-corrected chi connectivity index (χ4v) is 0.842. The summed E-state index contributed by atoms with van der Waals surface area (Å²) in [6.07, 6.45) is -4.83. The second kappa shape index (κ2) is 4.56. The van der Waals surface area contributed by atoms with Crippen molar-refractivity contribution in [3.63, 3.8) is 0 Å². The van der Waals surface area contributed by atoms with E-state index in [9.17, 15) is 18.0 Å². The number of rotatable bonds is 4. The van der Waals surface area contributed by atoms with E-state index in [2.05, 4.69) is 12.6 Å². The quantitative estimate of drug-likeness (QED) is 0.469. The molecule has 0 aromatic heterocycles. The first-order valence-electron chi connectivity index (χ1n) is 3.05. The Morgan fingerprint density at radius 3 is 2.33 bits per heavy atom. The molecule has 12 heavy (non-hydrogen) atoms. The standard InChI is InChI=1S/C5H8F3NO2S/c6-5(7,8)9-3(1-2-12)4(10)11/h3,9,12H,1-2H2,(H,10,11)/t3-/m0/s1. The predicted octanol–water partition coefficient (Wildman–Crippen LogP) is 0.869. The lowest BCUT2D eigenvalue weighted by Gasteiger charge is -2.15. The van der Waals surface area contributed by atoms with Crippen molar-refractivity contribution < 1.29 is 23.1 Å². The number of carbonyl (C=O) groups is 1. The van der Waals surface area contributed by atoms with Crippen LogP contribution in [0.25, 0.3) is 0 Å². The lowest BCUT2D eigenvalue weighted by atomic mass is 10.2. The van der Waals surface area contributed by atoms with Crippen LogP contribution in [0.3, 0.4) is 0 Å². The average molecular weight is 203 g/mol. The molecular weight excluding hydrogens is 195 g/mol. The third-order valence-electron chi connectivity index (χ3n) is 1.05. The van der Waals surface area contributed by atoms with Crippen LogP contribution in [-0.2, 0) is 4.79 Å². The minimum absolute atomic E-state index is 0.0834. The third kappa shape index (κ3) is 5.25. The van der Waals surface area contributed by atoms with Gasteiger partial charge in [-0.15, -0.1) is 0 Å². The second-order valence-corrected chi connectivity index (χ2v) is 2.49. The molecule has 0 unspecified atom stereocenters. The largest absolute Gasteiger partial charge is 0.480 e. The number of carboxylic acid groups (broad SMARTS) is 1. The van der Waals surface area contributed by atoms with Crippen LogP contribution in [0.4, 0.5) is 13.2 Å². The van der Waals surface area contributed by atoms with Crippen LogP contribution in [0.2, 0.25) is 0 Å². The summed E-state index contributed by atoms with van der Waals surface area (Å²) in [4.78, 5) is 10.2. The monoisotopic (exact) mass is 203 g/mol. The number of thiol groups is 1. The molecule has 0 rings (SSSR count). The summed E-state index contributed by atoms with van der Waals surface area (Å²) in [5, 5.41) is 9.28. The zero-order valence-corrected chi connectivity index (χ0v) is 6.82. The van der Waals surface area contributed by atoms with Gasteiger partial charge in [0.1, 0.15) is 6.04 Å². The number of alkyl halides is 3. The van der Waals surface area contributed by atoms with Crippen LogP contribution < -0.4 is 5.32 Å². The number of aliphatic carboxylic acids is 1. The number of hydrogen-bond acceptors (Lipinski definition) is 3. The van der Waals surface area contributed by atoms with Crippen molar-refractivity contribution in [3.05, 3.63) is 0 Å². The first-order valence-corrected chi connectivity index (χ1v) is 3.68. The summed E-state index contributed by atoms with van der Waals surface area (Å²) in [6.45, 7) is 0. The Balaban J connectivity index is 4.05. The van der Waals surface area contributed by atoms with Gasteiger partial charge in [-0.05, 0) is 12.2 Å². The van der Waals surface area contributed by atoms with E-state index >= 15 is 0 Å². The molecule has 0 aliphatic rings. The van der Waals surface area contributed by atoms with Crippen molar-refractivity contribution >= 4 is 18.6 Å². The highest BCUT2D eigenvalue weighted by Crippen LogP contribution is 2.12. The van der Waals surface area contributed by atoms with Gasteiger partial charge in [0.15, 0.2) is 0 Å². The summed E-state index contributed by atoms with van der Waals surface area (Å²) in [5.74, 6) is -1.44. The summed E-state index contributed by atoms with van der Waals surface area (Å²) >= 11 is 3.63. The Bertz CT molecular complexity index is 161. The van der Waals surface area contributed by atoms with Gasteiger partial charge < -0.3 is 5.11 Å². The van der Waals surface area contributed by atoms with Gasteiger partial charge in [-0.2, -0.15) is 25.8 Å². The Kier molecular flexibility index (Phi) is 4.40. The van der Waals surface area contributed by atoms with E-state index in [0.29, 0.717) is 0 Å². The van der Waals surface area contributed by atoms with E-state index in [1.165, 1.54) is 0 Å². The van der Waals surface area contributed by atoms with Gasteiger partial charge in [-0.25, -0.2) is 5.32 Å². The molecule has 0 aliphatic carbocycles. The van der Waals surface area contributed by atoms with E-state index in [1.54, 1.807) is 0 Å². The first-order chi connectivity index (χ1) is 5.37. The van der Waals surface area contributed by atoms with E-state index < -0.39 is 18.3 Å².